The molecule has 1 heterocycles. The van der Waals surface area contributed by atoms with E-state index in [1.54, 1.807) is 13.2 Å². The molecule has 1 aliphatic rings. The lowest BCUT2D eigenvalue weighted by Crippen LogP contribution is -2.19. The Morgan fingerprint density at radius 2 is 2.00 bits per heavy atom. The number of hydrogen-bond donors (Lipinski definition) is 1. The summed E-state index contributed by atoms with van der Waals surface area (Å²) in [5.41, 5.74) is 1.75. The van der Waals surface area contributed by atoms with Crippen LogP contribution in [0.4, 0.5) is 0 Å². The fourth-order valence-electron chi connectivity index (χ4n) is 2.50. The van der Waals surface area contributed by atoms with Crippen LogP contribution in [-0.2, 0) is 0 Å². The monoisotopic (exact) mass is 368 g/mol. The van der Waals surface area contributed by atoms with Crippen LogP contribution < -0.4 is 9.47 Å². The van der Waals surface area contributed by atoms with E-state index in [1.807, 2.05) is 30.3 Å². The SMILES string of the molecule is COc1ccc2c(c1)OC(c1ccc(Cl)cc1Br)C[C@H]2O. The van der Waals surface area contributed by atoms with E-state index in [4.69, 9.17) is 21.1 Å². The van der Waals surface area contributed by atoms with Crippen LogP contribution >= 0.6 is 27.5 Å². The van der Waals surface area contributed by atoms with Gasteiger partial charge in [0, 0.05) is 33.1 Å². The van der Waals surface area contributed by atoms with Crippen LogP contribution in [0.3, 0.4) is 0 Å². The van der Waals surface area contributed by atoms with Crippen molar-refractivity contribution in [1.29, 1.82) is 0 Å². The van der Waals surface area contributed by atoms with E-state index in [0.717, 1.165) is 15.6 Å². The molecule has 2 aromatic carbocycles. The van der Waals surface area contributed by atoms with Crippen molar-refractivity contribution in [2.24, 2.45) is 0 Å². The van der Waals surface area contributed by atoms with E-state index < -0.39 is 6.10 Å². The van der Waals surface area contributed by atoms with Crippen molar-refractivity contribution in [2.75, 3.05) is 7.11 Å². The molecule has 0 spiro atoms. The molecule has 1 aliphatic heterocycles. The van der Waals surface area contributed by atoms with Gasteiger partial charge in [0.1, 0.15) is 17.6 Å². The smallest absolute Gasteiger partial charge is 0.129 e. The van der Waals surface area contributed by atoms with Crippen LogP contribution in [0.2, 0.25) is 5.02 Å². The largest absolute Gasteiger partial charge is 0.497 e. The standard InChI is InChI=1S/C16H14BrClO3/c1-20-10-3-5-12-14(19)8-16(21-15(12)7-10)11-4-2-9(18)6-13(11)17/h2-7,14,16,19H,8H2,1H3/t14-,16?/m1/s1. The number of benzene rings is 2. The predicted molar refractivity (Wildman–Crippen MR) is 85.1 cm³/mol. The summed E-state index contributed by atoms with van der Waals surface area (Å²) in [5, 5.41) is 11.0. The zero-order chi connectivity index (χ0) is 15.0. The molecule has 0 bridgehead atoms. The summed E-state index contributed by atoms with van der Waals surface area (Å²) in [4.78, 5) is 0. The zero-order valence-electron chi connectivity index (χ0n) is 11.3. The van der Waals surface area contributed by atoms with Crippen LogP contribution in [0, 0.1) is 0 Å². The number of methoxy groups -OCH3 is 1. The van der Waals surface area contributed by atoms with Crippen molar-refractivity contribution in [3.8, 4) is 11.5 Å². The van der Waals surface area contributed by atoms with Gasteiger partial charge in [0.15, 0.2) is 0 Å². The maximum absolute atomic E-state index is 10.3. The van der Waals surface area contributed by atoms with Crippen molar-refractivity contribution >= 4 is 27.5 Å². The first-order valence-corrected chi connectivity index (χ1v) is 7.73. The number of fused-ring (bicyclic) bond motifs is 1. The third-order valence-corrected chi connectivity index (χ3v) is 4.52. The average molecular weight is 370 g/mol. The van der Waals surface area contributed by atoms with E-state index in [-0.39, 0.29) is 6.10 Å². The molecule has 5 heteroatoms. The molecule has 0 amide bonds. The number of aliphatic hydroxyl groups excluding tert-OH is 1. The van der Waals surface area contributed by atoms with Gasteiger partial charge >= 0.3 is 0 Å². The molecule has 3 nitrogen and oxygen atoms in total. The van der Waals surface area contributed by atoms with E-state index in [0.29, 0.717) is 22.9 Å². The molecule has 1 N–H and O–H groups in total. The molecule has 0 aromatic heterocycles. The molecule has 21 heavy (non-hydrogen) atoms. The second kappa shape index (κ2) is 5.87. The quantitative estimate of drug-likeness (QED) is 0.836. The van der Waals surface area contributed by atoms with E-state index in [1.165, 1.54) is 0 Å². The Balaban J connectivity index is 1.96. The highest BCUT2D eigenvalue weighted by molar-refractivity contribution is 9.10. The fourth-order valence-corrected chi connectivity index (χ4v) is 3.44. The molecule has 2 aromatic rings. The van der Waals surface area contributed by atoms with E-state index in [9.17, 15) is 5.11 Å². The number of aliphatic hydroxyl groups is 1. The zero-order valence-corrected chi connectivity index (χ0v) is 13.7. The van der Waals surface area contributed by atoms with Crippen LogP contribution in [0.5, 0.6) is 11.5 Å². The summed E-state index contributed by atoms with van der Waals surface area (Å²) >= 11 is 9.47. The Labute approximate surface area is 136 Å². The molecule has 0 radical (unpaired) electrons. The van der Waals surface area contributed by atoms with Crippen LogP contribution in [0.15, 0.2) is 40.9 Å². The summed E-state index contributed by atoms with van der Waals surface area (Å²) in [6.45, 7) is 0. The van der Waals surface area contributed by atoms with Gasteiger partial charge in [0.05, 0.1) is 13.2 Å². The maximum Gasteiger partial charge on any atom is 0.129 e. The molecule has 0 saturated heterocycles. The van der Waals surface area contributed by atoms with Crippen molar-refractivity contribution in [1.82, 2.24) is 0 Å². The Morgan fingerprint density at radius 1 is 1.24 bits per heavy atom. The average Bonchev–Trinajstić information content (AvgIpc) is 2.46. The molecular weight excluding hydrogens is 356 g/mol. The summed E-state index contributed by atoms with van der Waals surface area (Å²) < 4.78 is 12.1. The van der Waals surface area contributed by atoms with Crippen molar-refractivity contribution in [3.05, 3.63) is 57.0 Å². The van der Waals surface area contributed by atoms with Crippen molar-refractivity contribution in [3.63, 3.8) is 0 Å². The Hall–Kier alpha value is -1.23. The van der Waals surface area contributed by atoms with Gasteiger partial charge in [-0.15, -0.1) is 0 Å². The number of ether oxygens (including phenoxy) is 2. The lowest BCUT2D eigenvalue weighted by Gasteiger charge is -2.30. The molecule has 0 aliphatic carbocycles. The molecule has 2 atom stereocenters. The summed E-state index contributed by atoms with van der Waals surface area (Å²) in [7, 11) is 1.61. The molecule has 110 valence electrons. The third-order valence-electron chi connectivity index (χ3n) is 3.60. The number of halogens is 2. The van der Waals surface area contributed by atoms with Gasteiger partial charge in [0.25, 0.3) is 0 Å². The minimum Gasteiger partial charge on any atom is -0.497 e. The first kappa shape index (κ1) is 14.7. The normalized spacial score (nSPS) is 20.6. The lowest BCUT2D eigenvalue weighted by molar-refractivity contribution is 0.0651. The Morgan fingerprint density at radius 3 is 2.71 bits per heavy atom. The number of hydrogen-bond acceptors (Lipinski definition) is 3. The highest BCUT2D eigenvalue weighted by atomic mass is 79.9. The topological polar surface area (TPSA) is 38.7 Å². The van der Waals surface area contributed by atoms with Gasteiger partial charge in [-0.1, -0.05) is 33.6 Å². The van der Waals surface area contributed by atoms with Crippen LogP contribution in [-0.4, -0.2) is 12.2 Å². The summed E-state index contributed by atoms with van der Waals surface area (Å²) in [6.07, 6.45) is -0.294. The van der Waals surface area contributed by atoms with Gasteiger partial charge in [0.2, 0.25) is 0 Å². The molecule has 0 saturated carbocycles. The first-order chi connectivity index (χ1) is 10.1. The molecule has 3 rings (SSSR count). The van der Waals surface area contributed by atoms with E-state index >= 15 is 0 Å². The number of rotatable bonds is 2. The van der Waals surface area contributed by atoms with Gasteiger partial charge in [-0.3, -0.25) is 0 Å². The highest BCUT2D eigenvalue weighted by Crippen LogP contribution is 2.43. The molecular formula is C16H14BrClO3. The highest BCUT2D eigenvalue weighted by Gasteiger charge is 2.29. The van der Waals surface area contributed by atoms with Gasteiger partial charge in [-0.2, -0.15) is 0 Å². The van der Waals surface area contributed by atoms with Gasteiger partial charge < -0.3 is 14.6 Å². The lowest BCUT2D eigenvalue weighted by atomic mass is 9.95. The molecule has 0 fully saturated rings. The maximum atomic E-state index is 10.3. The Bertz CT molecular complexity index is 675. The first-order valence-electron chi connectivity index (χ1n) is 6.56. The van der Waals surface area contributed by atoms with Crippen LogP contribution in [0.1, 0.15) is 29.8 Å². The van der Waals surface area contributed by atoms with E-state index in [2.05, 4.69) is 15.9 Å². The predicted octanol–water partition coefficient (Wildman–Crippen LogP) is 4.67. The van der Waals surface area contributed by atoms with Crippen molar-refractivity contribution in [2.45, 2.75) is 18.6 Å². The summed E-state index contributed by atoms with van der Waals surface area (Å²) in [5.74, 6) is 1.36. The second-order valence-electron chi connectivity index (χ2n) is 4.93. The minimum atomic E-state index is -0.563. The second-order valence-corrected chi connectivity index (χ2v) is 6.22. The van der Waals surface area contributed by atoms with Gasteiger partial charge in [-0.25, -0.2) is 0 Å². The van der Waals surface area contributed by atoms with Gasteiger partial charge in [-0.05, 0) is 24.3 Å². The van der Waals surface area contributed by atoms with Crippen molar-refractivity contribution < 1.29 is 14.6 Å². The van der Waals surface area contributed by atoms with Crippen LogP contribution in [0.25, 0.3) is 0 Å². The fraction of sp³-hybridized carbons (Fsp3) is 0.250. The third kappa shape index (κ3) is 2.89. The summed E-state index contributed by atoms with van der Waals surface area (Å²) in [6, 6.07) is 11.0. The Kier molecular flexibility index (Phi) is 4.11. The molecule has 1 unspecified atom stereocenters. The minimum absolute atomic E-state index is 0.230.